The van der Waals surface area contributed by atoms with Crippen LogP contribution in [0.2, 0.25) is 0 Å². The summed E-state index contributed by atoms with van der Waals surface area (Å²) < 4.78 is 16.0. The molecule has 0 fully saturated rings. The molecule has 3 rings (SSSR count). The average Bonchev–Trinajstić information content (AvgIpc) is 3.05. The first-order valence-electron chi connectivity index (χ1n) is 7.02. The maximum absolute atomic E-state index is 14.0. The molecule has 0 aliphatic rings. The number of nitrogens with one attached hydrogen (secondary N) is 1. The molecule has 3 aromatic heterocycles. The summed E-state index contributed by atoms with van der Waals surface area (Å²) >= 11 is 1.59. The lowest BCUT2D eigenvalue weighted by atomic mass is 10.1. The SMILES string of the molecule is CCCNC(Cc1cn2ccsc2n1)c1ncccc1F. The van der Waals surface area contributed by atoms with Crippen LogP contribution in [-0.2, 0) is 6.42 Å². The first kappa shape index (κ1) is 14.2. The number of aromatic nitrogens is 3. The Hall–Kier alpha value is -1.79. The fraction of sp³-hybridized carbons (Fsp3) is 0.333. The van der Waals surface area contributed by atoms with E-state index in [4.69, 9.17) is 0 Å². The monoisotopic (exact) mass is 304 g/mol. The van der Waals surface area contributed by atoms with Crippen molar-refractivity contribution < 1.29 is 4.39 Å². The standard InChI is InChI=1S/C15H17FN4S/c1-2-5-17-13(14-12(16)4-3-6-18-14)9-11-10-20-7-8-21-15(20)19-11/h3-4,6-8,10,13,17H,2,5,9H2,1H3. The van der Waals surface area contributed by atoms with Crippen molar-refractivity contribution in [1.29, 1.82) is 0 Å². The van der Waals surface area contributed by atoms with Gasteiger partial charge in [-0.15, -0.1) is 11.3 Å². The predicted molar refractivity (Wildman–Crippen MR) is 82.0 cm³/mol. The Morgan fingerprint density at radius 3 is 3.14 bits per heavy atom. The van der Waals surface area contributed by atoms with Gasteiger partial charge in [0.05, 0.1) is 17.4 Å². The second-order valence-electron chi connectivity index (χ2n) is 4.91. The number of pyridine rings is 1. The van der Waals surface area contributed by atoms with E-state index in [-0.39, 0.29) is 11.9 Å². The predicted octanol–water partition coefficient (Wildman–Crippen LogP) is 3.21. The van der Waals surface area contributed by atoms with Gasteiger partial charge in [0.15, 0.2) is 4.96 Å². The Morgan fingerprint density at radius 1 is 1.48 bits per heavy atom. The molecule has 1 atom stereocenters. The summed E-state index contributed by atoms with van der Waals surface area (Å²) in [7, 11) is 0. The van der Waals surface area contributed by atoms with Crippen molar-refractivity contribution in [3.05, 3.63) is 53.3 Å². The second kappa shape index (κ2) is 6.32. The third-order valence-corrected chi connectivity index (χ3v) is 4.08. The van der Waals surface area contributed by atoms with Crippen molar-refractivity contribution in [2.75, 3.05) is 6.54 Å². The lowest BCUT2D eigenvalue weighted by molar-refractivity contribution is 0.480. The van der Waals surface area contributed by atoms with Crippen molar-refractivity contribution in [2.45, 2.75) is 25.8 Å². The van der Waals surface area contributed by atoms with Crippen LogP contribution in [0.1, 0.15) is 30.8 Å². The molecule has 110 valence electrons. The molecule has 0 aliphatic heterocycles. The molecule has 0 saturated heterocycles. The van der Waals surface area contributed by atoms with Gasteiger partial charge in [0.2, 0.25) is 0 Å². The number of halogens is 1. The van der Waals surface area contributed by atoms with Crippen LogP contribution in [0.3, 0.4) is 0 Å². The summed E-state index contributed by atoms with van der Waals surface area (Å²) in [5.41, 5.74) is 1.41. The molecule has 6 heteroatoms. The van der Waals surface area contributed by atoms with Gasteiger partial charge in [0, 0.05) is 30.4 Å². The zero-order valence-electron chi connectivity index (χ0n) is 11.8. The number of hydrogen-bond donors (Lipinski definition) is 1. The van der Waals surface area contributed by atoms with Crippen molar-refractivity contribution >= 4 is 16.3 Å². The summed E-state index contributed by atoms with van der Waals surface area (Å²) in [5.74, 6) is -0.271. The second-order valence-corrected chi connectivity index (χ2v) is 5.78. The van der Waals surface area contributed by atoms with E-state index >= 15 is 0 Å². The van der Waals surface area contributed by atoms with Crippen LogP contribution in [0.5, 0.6) is 0 Å². The van der Waals surface area contributed by atoms with Crippen LogP contribution in [0.25, 0.3) is 4.96 Å². The first-order chi connectivity index (χ1) is 10.3. The number of nitrogens with zero attached hydrogens (tertiary/aromatic N) is 3. The molecule has 0 saturated carbocycles. The minimum absolute atomic E-state index is 0.157. The van der Waals surface area contributed by atoms with Crippen molar-refractivity contribution in [3.63, 3.8) is 0 Å². The molecule has 1 unspecified atom stereocenters. The summed E-state index contributed by atoms with van der Waals surface area (Å²) in [6.07, 6.45) is 7.22. The summed E-state index contributed by atoms with van der Waals surface area (Å²) in [5, 5.41) is 5.36. The smallest absolute Gasteiger partial charge is 0.193 e. The van der Waals surface area contributed by atoms with Crippen molar-refractivity contribution in [3.8, 4) is 0 Å². The zero-order chi connectivity index (χ0) is 14.7. The van der Waals surface area contributed by atoms with Gasteiger partial charge in [-0.2, -0.15) is 0 Å². The summed E-state index contributed by atoms with van der Waals surface area (Å²) in [6.45, 7) is 2.91. The van der Waals surface area contributed by atoms with E-state index in [1.54, 1.807) is 23.6 Å². The van der Waals surface area contributed by atoms with Crippen LogP contribution < -0.4 is 5.32 Å². The van der Waals surface area contributed by atoms with E-state index in [1.807, 2.05) is 22.2 Å². The average molecular weight is 304 g/mol. The van der Waals surface area contributed by atoms with Gasteiger partial charge < -0.3 is 5.32 Å². The number of rotatable bonds is 6. The van der Waals surface area contributed by atoms with Gasteiger partial charge in [0.1, 0.15) is 5.82 Å². The molecule has 3 heterocycles. The quantitative estimate of drug-likeness (QED) is 0.760. The lowest BCUT2D eigenvalue weighted by Crippen LogP contribution is -2.26. The number of imidazole rings is 1. The maximum atomic E-state index is 14.0. The van der Waals surface area contributed by atoms with Crippen LogP contribution in [-0.4, -0.2) is 20.9 Å². The van der Waals surface area contributed by atoms with Crippen LogP contribution >= 0.6 is 11.3 Å². The maximum Gasteiger partial charge on any atom is 0.193 e. The number of fused-ring (bicyclic) bond motifs is 1. The van der Waals surface area contributed by atoms with Crippen LogP contribution in [0, 0.1) is 5.82 Å². The molecule has 3 aromatic rings. The molecule has 0 bridgehead atoms. The van der Waals surface area contributed by atoms with Crippen molar-refractivity contribution in [1.82, 2.24) is 19.7 Å². The van der Waals surface area contributed by atoms with Gasteiger partial charge in [-0.25, -0.2) is 9.37 Å². The molecule has 0 aliphatic carbocycles. The molecular weight excluding hydrogens is 287 g/mol. The van der Waals surface area contributed by atoms with E-state index in [0.29, 0.717) is 12.1 Å². The fourth-order valence-corrected chi connectivity index (χ4v) is 3.04. The molecule has 4 nitrogen and oxygen atoms in total. The first-order valence-corrected chi connectivity index (χ1v) is 7.90. The molecule has 0 spiro atoms. The number of thiazole rings is 1. The summed E-state index contributed by atoms with van der Waals surface area (Å²) in [4.78, 5) is 9.73. The highest BCUT2D eigenvalue weighted by molar-refractivity contribution is 7.15. The Labute approximate surface area is 126 Å². The minimum Gasteiger partial charge on any atom is -0.308 e. The Kier molecular flexibility index (Phi) is 4.26. The van der Waals surface area contributed by atoms with E-state index in [2.05, 4.69) is 22.2 Å². The van der Waals surface area contributed by atoms with E-state index in [9.17, 15) is 4.39 Å². The third-order valence-electron chi connectivity index (χ3n) is 3.31. The highest BCUT2D eigenvalue weighted by atomic mass is 32.1. The minimum atomic E-state index is -0.271. The molecule has 0 radical (unpaired) electrons. The van der Waals surface area contributed by atoms with E-state index < -0.39 is 0 Å². The van der Waals surface area contributed by atoms with Crippen molar-refractivity contribution in [2.24, 2.45) is 0 Å². The van der Waals surface area contributed by atoms with Crippen LogP contribution in [0.15, 0.2) is 36.1 Å². The Bertz CT molecular complexity index is 693. The van der Waals surface area contributed by atoms with Gasteiger partial charge in [0.25, 0.3) is 0 Å². The van der Waals surface area contributed by atoms with Gasteiger partial charge in [-0.05, 0) is 25.1 Å². The van der Waals surface area contributed by atoms with Gasteiger partial charge >= 0.3 is 0 Å². The Balaban J connectivity index is 1.85. The number of hydrogen-bond acceptors (Lipinski definition) is 4. The zero-order valence-corrected chi connectivity index (χ0v) is 12.6. The fourth-order valence-electron chi connectivity index (χ4n) is 2.32. The molecule has 1 N–H and O–H groups in total. The lowest BCUT2D eigenvalue weighted by Gasteiger charge is -2.17. The Morgan fingerprint density at radius 2 is 2.38 bits per heavy atom. The van der Waals surface area contributed by atoms with Gasteiger partial charge in [-0.3, -0.25) is 9.38 Å². The third kappa shape index (κ3) is 3.11. The van der Waals surface area contributed by atoms with Gasteiger partial charge in [-0.1, -0.05) is 6.92 Å². The molecule has 21 heavy (non-hydrogen) atoms. The largest absolute Gasteiger partial charge is 0.308 e. The topological polar surface area (TPSA) is 42.2 Å². The van der Waals surface area contributed by atoms with Crippen LogP contribution in [0.4, 0.5) is 4.39 Å². The molecule has 0 amide bonds. The van der Waals surface area contributed by atoms with E-state index in [1.165, 1.54) is 6.07 Å². The highest BCUT2D eigenvalue weighted by Crippen LogP contribution is 2.20. The molecular formula is C15H17FN4S. The molecule has 0 aromatic carbocycles. The highest BCUT2D eigenvalue weighted by Gasteiger charge is 2.18. The summed E-state index contributed by atoms with van der Waals surface area (Å²) in [6, 6.07) is 2.91. The van der Waals surface area contributed by atoms with E-state index in [0.717, 1.165) is 23.6 Å². The normalized spacial score (nSPS) is 12.9.